The fraction of sp³-hybridized carbons (Fsp3) is 0.467. The number of hydrogen-bond donors (Lipinski definition) is 2. The summed E-state index contributed by atoms with van der Waals surface area (Å²) < 4.78 is 0. The molecule has 1 aromatic heterocycles. The zero-order valence-electron chi connectivity index (χ0n) is 12.1. The van der Waals surface area contributed by atoms with Gasteiger partial charge in [0, 0.05) is 18.7 Å². The molecule has 0 bridgehead atoms. The van der Waals surface area contributed by atoms with Crippen LogP contribution in [0, 0.1) is 12.8 Å². The first kappa shape index (κ1) is 14.4. The van der Waals surface area contributed by atoms with Gasteiger partial charge in [-0.15, -0.1) is 5.10 Å². The third-order valence-electron chi connectivity index (χ3n) is 4.15. The largest absolute Gasteiger partial charge is 0.340 e. The molecule has 6 heteroatoms. The molecule has 112 valence electrons. The Morgan fingerprint density at radius 3 is 2.86 bits per heavy atom. The van der Waals surface area contributed by atoms with Gasteiger partial charge in [0.05, 0.1) is 5.02 Å². The highest BCUT2D eigenvalue weighted by Crippen LogP contribution is 2.29. The molecule has 0 amide bonds. The minimum atomic E-state index is 0.630. The van der Waals surface area contributed by atoms with E-state index in [1.165, 1.54) is 0 Å². The Hall–Kier alpha value is -1.59. The lowest BCUT2D eigenvalue weighted by molar-refractivity contribution is 0.411. The van der Waals surface area contributed by atoms with Crippen molar-refractivity contribution in [1.29, 1.82) is 0 Å². The maximum atomic E-state index is 6.35. The van der Waals surface area contributed by atoms with Crippen molar-refractivity contribution in [2.75, 3.05) is 24.5 Å². The van der Waals surface area contributed by atoms with E-state index < -0.39 is 0 Å². The van der Waals surface area contributed by atoms with Crippen LogP contribution >= 0.6 is 11.6 Å². The van der Waals surface area contributed by atoms with E-state index in [9.17, 15) is 0 Å². The van der Waals surface area contributed by atoms with Crippen LogP contribution in [0.2, 0.25) is 5.02 Å². The molecule has 2 heterocycles. The van der Waals surface area contributed by atoms with Gasteiger partial charge in [0.15, 0.2) is 5.82 Å². The molecule has 0 saturated carbocycles. The van der Waals surface area contributed by atoms with Crippen molar-refractivity contribution in [3.05, 3.63) is 28.8 Å². The Balaban J connectivity index is 1.79. The summed E-state index contributed by atoms with van der Waals surface area (Å²) in [6.45, 7) is 4.67. The topological polar surface area (TPSA) is 70.8 Å². The molecule has 1 aliphatic heterocycles. The summed E-state index contributed by atoms with van der Waals surface area (Å²) in [6, 6.07) is 5.92. The van der Waals surface area contributed by atoms with Crippen molar-refractivity contribution < 1.29 is 0 Å². The number of nitrogens with two attached hydrogens (primary N) is 1. The molecule has 21 heavy (non-hydrogen) atoms. The number of halogens is 1. The lowest BCUT2D eigenvalue weighted by Gasteiger charge is -2.30. The zero-order valence-corrected chi connectivity index (χ0v) is 12.9. The number of aromatic amines is 1. The Morgan fingerprint density at radius 2 is 2.14 bits per heavy atom. The number of nitrogens with one attached hydrogen (secondary N) is 1. The first-order valence-corrected chi connectivity index (χ1v) is 7.69. The highest BCUT2D eigenvalue weighted by molar-refractivity contribution is 6.33. The second-order valence-electron chi connectivity index (χ2n) is 5.59. The van der Waals surface area contributed by atoms with Crippen molar-refractivity contribution in [3.8, 4) is 11.4 Å². The van der Waals surface area contributed by atoms with Gasteiger partial charge in [0.1, 0.15) is 0 Å². The van der Waals surface area contributed by atoms with E-state index >= 15 is 0 Å². The van der Waals surface area contributed by atoms with E-state index in [2.05, 4.69) is 20.1 Å². The molecule has 1 fully saturated rings. The van der Waals surface area contributed by atoms with Crippen LogP contribution in [0.25, 0.3) is 11.4 Å². The number of piperidine rings is 1. The molecule has 0 unspecified atom stereocenters. The zero-order chi connectivity index (χ0) is 14.8. The minimum Gasteiger partial charge on any atom is -0.340 e. The molecule has 2 aromatic rings. The van der Waals surface area contributed by atoms with Gasteiger partial charge >= 0.3 is 0 Å². The van der Waals surface area contributed by atoms with E-state index in [0.29, 0.717) is 5.92 Å². The number of H-pyrrole nitrogens is 1. The molecule has 0 aliphatic carbocycles. The Labute approximate surface area is 129 Å². The molecule has 1 saturated heterocycles. The van der Waals surface area contributed by atoms with Gasteiger partial charge in [-0.1, -0.05) is 23.7 Å². The van der Waals surface area contributed by atoms with E-state index in [1.54, 1.807) is 0 Å². The number of rotatable bonds is 3. The summed E-state index contributed by atoms with van der Waals surface area (Å²) in [5, 5.41) is 8.06. The van der Waals surface area contributed by atoms with E-state index in [4.69, 9.17) is 17.3 Å². The number of anilines is 1. The van der Waals surface area contributed by atoms with Crippen LogP contribution in [0.3, 0.4) is 0 Å². The minimum absolute atomic E-state index is 0.630. The number of aromatic nitrogens is 3. The summed E-state index contributed by atoms with van der Waals surface area (Å²) in [5.74, 6) is 2.10. The Bertz CT molecular complexity index is 616. The van der Waals surface area contributed by atoms with Crippen LogP contribution in [0.4, 0.5) is 5.95 Å². The maximum absolute atomic E-state index is 6.35. The Kier molecular flexibility index (Phi) is 4.12. The van der Waals surface area contributed by atoms with Crippen molar-refractivity contribution in [2.24, 2.45) is 11.7 Å². The highest BCUT2D eigenvalue weighted by atomic mass is 35.5. The number of benzene rings is 1. The van der Waals surface area contributed by atoms with Gasteiger partial charge in [0.2, 0.25) is 5.95 Å². The molecular formula is C15H20ClN5. The second kappa shape index (κ2) is 6.03. The second-order valence-corrected chi connectivity index (χ2v) is 5.96. The fourth-order valence-corrected chi connectivity index (χ4v) is 2.93. The number of aryl methyl sites for hydroxylation is 1. The summed E-state index contributed by atoms with van der Waals surface area (Å²) in [6.07, 6.45) is 2.21. The van der Waals surface area contributed by atoms with Gasteiger partial charge in [-0.25, -0.2) is 0 Å². The summed E-state index contributed by atoms with van der Waals surface area (Å²) in [7, 11) is 0. The average molecular weight is 306 g/mol. The SMILES string of the molecule is Cc1cccc(-c2nc(N3CCC(CN)CC3)n[nH]2)c1Cl. The molecule has 1 aromatic carbocycles. The van der Waals surface area contributed by atoms with Gasteiger partial charge < -0.3 is 10.6 Å². The van der Waals surface area contributed by atoms with Gasteiger partial charge in [-0.2, -0.15) is 4.98 Å². The number of nitrogens with zero attached hydrogens (tertiary/aromatic N) is 3. The van der Waals surface area contributed by atoms with Gasteiger partial charge in [-0.05, 0) is 43.9 Å². The summed E-state index contributed by atoms with van der Waals surface area (Å²) >= 11 is 6.35. The third kappa shape index (κ3) is 2.89. The van der Waals surface area contributed by atoms with Crippen LogP contribution < -0.4 is 10.6 Å². The first-order chi connectivity index (χ1) is 10.2. The van der Waals surface area contributed by atoms with Crippen molar-refractivity contribution in [3.63, 3.8) is 0 Å². The lowest BCUT2D eigenvalue weighted by atomic mass is 9.97. The molecule has 0 spiro atoms. The molecule has 0 atom stereocenters. The molecule has 5 nitrogen and oxygen atoms in total. The normalized spacial score (nSPS) is 16.4. The average Bonchev–Trinajstić information content (AvgIpc) is 3.00. The van der Waals surface area contributed by atoms with Gasteiger partial charge in [0.25, 0.3) is 0 Å². The molecule has 1 aliphatic rings. The van der Waals surface area contributed by atoms with Crippen molar-refractivity contribution in [1.82, 2.24) is 15.2 Å². The Morgan fingerprint density at radius 1 is 1.38 bits per heavy atom. The first-order valence-electron chi connectivity index (χ1n) is 7.32. The van der Waals surface area contributed by atoms with Crippen molar-refractivity contribution >= 4 is 17.5 Å². The predicted octanol–water partition coefficient (Wildman–Crippen LogP) is 2.61. The highest BCUT2D eigenvalue weighted by Gasteiger charge is 2.21. The van der Waals surface area contributed by atoms with E-state index in [-0.39, 0.29) is 0 Å². The van der Waals surface area contributed by atoms with Gasteiger partial charge in [-0.3, -0.25) is 5.10 Å². The third-order valence-corrected chi connectivity index (χ3v) is 4.65. The standard InChI is InChI=1S/C15H20ClN5/c1-10-3-2-4-12(13(10)16)14-18-15(20-19-14)21-7-5-11(9-17)6-8-21/h2-4,11H,5-9,17H2,1H3,(H,18,19,20). The smallest absolute Gasteiger partial charge is 0.245 e. The molecule has 3 N–H and O–H groups in total. The van der Waals surface area contributed by atoms with Crippen LogP contribution in [-0.2, 0) is 0 Å². The fourth-order valence-electron chi connectivity index (χ4n) is 2.71. The van der Waals surface area contributed by atoms with E-state index in [0.717, 1.165) is 60.4 Å². The monoisotopic (exact) mass is 305 g/mol. The molecule has 0 radical (unpaired) electrons. The summed E-state index contributed by atoms with van der Waals surface area (Å²) in [5.41, 5.74) is 7.66. The van der Waals surface area contributed by atoms with Crippen LogP contribution in [-0.4, -0.2) is 34.8 Å². The quantitative estimate of drug-likeness (QED) is 0.914. The lowest BCUT2D eigenvalue weighted by Crippen LogP contribution is -2.36. The van der Waals surface area contributed by atoms with Crippen molar-refractivity contribution in [2.45, 2.75) is 19.8 Å². The van der Waals surface area contributed by atoms with Crippen LogP contribution in [0.15, 0.2) is 18.2 Å². The summed E-state index contributed by atoms with van der Waals surface area (Å²) in [4.78, 5) is 6.80. The number of hydrogen-bond acceptors (Lipinski definition) is 4. The van der Waals surface area contributed by atoms with Crippen LogP contribution in [0.5, 0.6) is 0 Å². The predicted molar refractivity (Wildman–Crippen MR) is 85.6 cm³/mol. The molecule has 3 rings (SSSR count). The maximum Gasteiger partial charge on any atom is 0.245 e. The van der Waals surface area contributed by atoms with Crippen LogP contribution in [0.1, 0.15) is 18.4 Å². The van der Waals surface area contributed by atoms with E-state index in [1.807, 2.05) is 25.1 Å². The molecular weight excluding hydrogens is 286 g/mol.